The number of carbonyl (C=O) groups excluding carboxylic acids is 1. The molecule has 0 aromatic heterocycles. The molecule has 0 aromatic carbocycles. The molecule has 4 aliphatic rings. The molecule has 3 saturated heterocycles. The van der Waals surface area contributed by atoms with Crippen molar-refractivity contribution in [2.45, 2.75) is 95.1 Å². The zero-order valence-electron chi connectivity index (χ0n) is 14.9. The minimum Gasteiger partial charge on any atom is -0.495 e. The highest BCUT2D eigenvalue weighted by Gasteiger charge is 2.59. The molecular formula is C19H28O6. The maximum Gasteiger partial charge on any atom is 0.172 e. The molecule has 6 nitrogen and oxygen atoms in total. The van der Waals surface area contributed by atoms with Crippen molar-refractivity contribution >= 4 is 5.78 Å². The smallest absolute Gasteiger partial charge is 0.172 e. The molecule has 7 atom stereocenters. The summed E-state index contributed by atoms with van der Waals surface area (Å²) in [5.74, 6) is 0.193. The SMILES string of the molecule is CC(O)CCC1OC2(CC1O)CC1C(=C3CCC(C)O3)C(=O)CC1O2. The van der Waals surface area contributed by atoms with E-state index in [2.05, 4.69) is 0 Å². The molecule has 1 aliphatic carbocycles. The van der Waals surface area contributed by atoms with Crippen LogP contribution in [0.3, 0.4) is 0 Å². The summed E-state index contributed by atoms with van der Waals surface area (Å²) in [4.78, 5) is 12.5. The van der Waals surface area contributed by atoms with Gasteiger partial charge >= 0.3 is 0 Å². The molecule has 1 saturated carbocycles. The zero-order chi connectivity index (χ0) is 17.8. The molecule has 0 aromatic rings. The molecule has 0 bridgehead atoms. The summed E-state index contributed by atoms with van der Waals surface area (Å²) in [6.45, 7) is 3.76. The Morgan fingerprint density at radius 3 is 2.80 bits per heavy atom. The highest BCUT2D eigenvalue weighted by molar-refractivity contribution is 5.99. The molecule has 0 radical (unpaired) electrons. The zero-order valence-corrected chi connectivity index (χ0v) is 14.9. The highest BCUT2D eigenvalue weighted by Crippen LogP contribution is 2.53. The van der Waals surface area contributed by atoms with Crippen LogP contribution < -0.4 is 0 Å². The highest BCUT2D eigenvalue weighted by atomic mass is 16.7. The Balaban J connectivity index is 1.49. The number of rotatable bonds is 3. The molecular weight excluding hydrogens is 324 g/mol. The lowest BCUT2D eigenvalue weighted by Gasteiger charge is -2.25. The average Bonchev–Trinajstić information content (AvgIpc) is 3.22. The van der Waals surface area contributed by atoms with Gasteiger partial charge in [-0.3, -0.25) is 4.79 Å². The van der Waals surface area contributed by atoms with Crippen molar-refractivity contribution in [3.63, 3.8) is 0 Å². The third-order valence-corrected chi connectivity index (χ3v) is 6.01. The van der Waals surface area contributed by atoms with E-state index in [1.165, 1.54) is 0 Å². The van der Waals surface area contributed by atoms with Crippen molar-refractivity contribution in [1.29, 1.82) is 0 Å². The third kappa shape index (κ3) is 3.14. The van der Waals surface area contributed by atoms with Gasteiger partial charge in [-0.25, -0.2) is 0 Å². The number of aliphatic hydroxyl groups excluding tert-OH is 2. The van der Waals surface area contributed by atoms with Gasteiger partial charge in [0, 0.05) is 37.2 Å². The quantitative estimate of drug-likeness (QED) is 0.754. The summed E-state index contributed by atoms with van der Waals surface area (Å²) in [6.07, 6.45) is 3.04. The molecule has 6 heteroatoms. The van der Waals surface area contributed by atoms with E-state index < -0.39 is 18.0 Å². The lowest BCUT2D eigenvalue weighted by Crippen LogP contribution is -2.30. The van der Waals surface area contributed by atoms with Crippen LogP contribution in [-0.4, -0.2) is 52.3 Å². The van der Waals surface area contributed by atoms with Crippen LogP contribution in [0.1, 0.15) is 58.8 Å². The van der Waals surface area contributed by atoms with Gasteiger partial charge in [0.2, 0.25) is 0 Å². The largest absolute Gasteiger partial charge is 0.495 e. The maximum absolute atomic E-state index is 12.5. The van der Waals surface area contributed by atoms with E-state index in [9.17, 15) is 15.0 Å². The Kier molecular flexibility index (Phi) is 4.43. The fourth-order valence-electron chi connectivity index (χ4n) is 4.82. The van der Waals surface area contributed by atoms with E-state index in [4.69, 9.17) is 14.2 Å². The first-order valence-electron chi connectivity index (χ1n) is 9.51. The van der Waals surface area contributed by atoms with Crippen LogP contribution >= 0.6 is 0 Å². The number of ketones is 1. The van der Waals surface area contributed by atoms with Crippen molar-refractivity contribution in [1.82, 2.24) is 0 Å². The van der Waals surface area contributed by atoms with Crippen molar-refractivity contribution in [3.8, 4) is 0 Å². The number of hydrogen-bond acceptors (Lipinski definition) is 6. The molecule has 7 unspecified atom stereocenters. The lowest BCUT2D eigenvalue weighted by atomic mass is 9.92. The normalized spacial score (nSPS) is 47.5. The Bertz CT molecular complexity index is 584. The second-order valence-electron chi connectivity index (χ2n) is 8.16. The average molecular weight is 352 g/mol. The number of ether oxygens (including phenoxy) is 3. The number of Topliss-reactive ketones (excluding diaryl/α,β-unsaturated/α-hetero) is 1. The monoisotopic (exact) mass is 352 g/mol. The second-order valence-corrected chi connectivity index (χ2v) is 8.16. The van der Waals surface area contributed by atoms with Crippen LogP contribution in [0.15, 0.2) is 11.3 Å². The predicted octanol–water partition coefficient (Wildman–Crippen LogP) is 1.82. The first-order valence-corrected chi connectivity index (χ1v) is 9.51. The summed E-state index contributed by atoms with van der Waals surface area (Å²) >= 11 is 0. The summed E-state index contributed by atoms with van der Waals surface area (Å²) < 4.78 is 18.2. The van der Waals surface area contributed by atoms with E-state index in [-0.39, 0.29) is 30.0 Å². The number of allylic oxidation sites excluding steroid dienone is 1. The van der Waals surface area contributed by atoms with Crippen molar-refractivity contribution in [2.24, 2.45) is 5.92 Å². The number of hydrogen-bond donors (Lipinski definition) is 2. The third-order valence-electron chi connectivity index (χ3n) is 6.01. The van der Waals surface area contributed by atoms with E-state index >= 15 is 0 Å². The lowest BCUT2D eigenvalue weighted by molar-refractivity contribution is -0.217. The molecule has 0 amide bonds. The van der Waals surface area contributed by atoms with E-state index in [1.54, 1.807) is 6.92 Å². The van der Waals surface area contributed by atoms with Crippen molar-refractivity contribution in [3.05, 3.63) is 11.3 Å². The fourth-order valence-corrected chi connectivity index (χ4v) is 4.82. The van der Waals surface area contributed by atoms with Crippen molar-refractivity contribution in [2.75, 3.05) is 0 Å². The van der Waals surface area contributed by atoms with Gasteiger partial charge in [-0.05, 0) is 33.1 Å². The van der Waals surface area contributed by atoms with E-state index in [0.717, 1.165) is 24.2 Å². The van der Waals surface area contributed by atoms with Crippen LogP contribution in [-0.2, 0) is 19.0 Å². The Labute approximate surface area is 148 Å². The van der Waals surface area contributed by atoms with Crippen molar-refractivity contribution < 1.29 is 29.2 Å². The molecule has 4 rings (SSSR count). The minimum atomic E-state index is -0.797. The number of aliphatic hydroxyl groups is 2. The van der Waals surface area contributed by atoms with E-state index in [0.29, 0.717) is 32.1 Å². The molecule has 3 aliphatic heterocycles. The molecule has 25 heavy (non-hydrogen) atoms. The van der Waals surface area contributed by atoms with Gasteiger partial charge in [0.25, 0.3) is 0 Å². The molecule has 3 heterocycles. The first-order chi connectivity index (χ1) is 11.9. The summed E-state index contributed by atoms with van der Waals surface area (Å²) in [7, 11) is 0. The Hall–Kier alpha value is -0.950. The predicted molar refractivity (Wildman–Crippen MR) is 88.6 cm³/mol. The molecule has 2 N–H and O–H groups in total. The fraction of sp³-hybridized carbons (Fsp3) is 0.842. The van der Waals surface area contributed by atoms with Gasteiger partial charge in [-0.1, -0.05) is 0 Å². The van der Waals surface area contributed by atoms with Gasteiger partial charge in [0.15, 0.2) is 11.6 Å². The molecule has 140 valence electrons. The number of fused-ring (bicyclic) bond motifs is 1. The summed E-state index contributed by atoms with van der Waals surface area (Å²) in [6, 6.07) is 0. The van der Waals surface area contributed by atoms with Gasteiger partial charge in [-0.15, -0.1) is 0 Å². The van der Waals surface area contributed by atoms with E-state index in [1.807, 2.05) is 6.92 Å². The molecule has 1 spiro atoms. The summed E-state index contributed by atoms with van der Waals surface area (Å²) in [5, 5.41) is 19.8. The van der Waals surface area contributed by atoms with Crippen LogP contribution in [0.25, 0.3) is 0 Å². The second kappa shape index (κ2) is 6.34. The van der Waals surface area contributed by atoms with Crippen LogP contribution in [0.4, 0.5) is 0 Å². The topological polar surface area (TPSA) is 85.2 Å². The number of carbonyl (C=O) groups is 1. The van der Waals surface area contributed by atoms with Gasteiger partial charge in [0.05, 0.1) is 30.5 Å². The summed E-state index contributed by atoms with van der Waals surface area (Å²) in [5.41, 5.74) is 0.803. The van der Waals surface area contributed by atoms with Crippen LogP contribution in [0, 0.1) is 5.92 Å². The van der Waals surface area contributed by atoms with Gasteiger partial charge < -0.3 is 24.4 Å². The van der Waals surface area contributed by atoms with Gasteiger partial charge in [-0.2, -0.15) is 0 Å². The Morgan fingerprint density at radius 1 is 1.32 bits per heavy atom. The first kappa shape index (κ1) is 17.5. The minimum absolute atomic E-state index is 0.00974. The van der Waals surface area contributed by atoms with Crippen LogP contribution in [0.5, 0.6) is 0 Å². The van der Waals surface area contributed by atoms with Gasteiger partial charge in [0.1, 0.15) is 5.76 Å². The maximum atomic E-state index is 12.5. The standard InChI is InChI=1S/C19H28O6/c1-10(20)3-5-15-14(22)9-19(24-15)8-12-17(25-19)7-13(21)18(12)16-6-4-11(2)23-16/h10-12,14-15,17,20,22H,3-9H2,1-2H3. The molecule has 4 fully saturated rings. The Morgan fingerprint density at radius 2 is 2.12 bits per heavy atom. The van der Waals surface area contributed by atoms with Crippen LogP contribution in [0.2, 0.25) is 0 Å².